The van der Waals surface area contributed by atoms with Crippen LogP contribution in [0.5, 0.6) is 0 Å². The highest BCUT2D eigenvalue weighted by Gasteiger charge is 2.14. The van der Waals surface area contributed by atoms with Gasteiger partial charge in [-0.15, -0.1) is 0 Å². The Kier molecular flexibility index (Phi) is 5.12. The van der Waals surface area contributed by atoms with E-state index in [4.69, 9.17) is 11.1 Å². The average Bonchev–Trinajstić information content (AvgIpc) is 2.28. The predicted octanol–water partition coefficient (Wildman–Crippen LogP) is -0.0486. The lowest BCUT2D eigenvalue weighted by Gasteiger charge is -2.08. The van der Waals surface area contributed by atoms with Gasteiger partial charge in [-0.25, -0.2) is 16.8 Å². The molecule has 0 spiro atoms. The van der Waals surface area contributed by atoms with Gasteiger partial charge in [-0.05, 0) is 17.7 Å². The number of sulfone groups is 1. The molecule has 0 amide bonds. The number of nitrogens with two attached hydrogens (primary N) is 1. The van der Waals surface area contributed by atoms with Crippen LogP contribution in [0.1, 0.15) is 5.56 Å². The van der Waals surface area contributed by atoms with Crippen molar-refractivity contribution in [3.05, 3.63) is 29.8 Å². The normalized spacial score (nSPS) is 12.1. The van der Waals surface area contributed by atoms with Gasteiger partial charge < -0.3 is 5.73 Å². The van der Waals surface area contributed by atoms with Crippen LogP contribution in [0, 0.1) is 5.41 Å². The summed E-state index contributed by atoms with van der Waals surface area (Å²) >= 11 is 0. The monoisotopic (exact) mass is 319 g/mol. The third-order valence-corrected chi connectivity index (χ3v) is 4.84. The zero-order valence-electron chi connectivity index (χ0n) is 11.0. The average molecular weight is 319 g/mol. The molecular weight excluding hydrogens is 302 g/mol. The number of benzene rings is 1. The molecule has 20 heavy (non-hydrogen) atoms. The minimum Gasteiger partial charge on any atom is -0.387 e. The molecule has 0 saturated heterocycles. The van der Waals surface area contributed by atoms with Crippen molar-refractivity contribution < 1.29 is 16.8 Å². The summed E-state index contributed by atoms with van der Waals surface area (Å²) in [6, 6.07) is 6.37. The van der Waals surface area contributed by atoms with E-state index >= 15 is 0 Å². The molecule has 0 bridgehead atoms. The zero-order chi connectivity index (χ0) is 15.4. The van der Waals surface area contributed by atoms with Crippen LogP contribution in [0.15, 0.2) is 24.3 Å². The Morgan fingerprint density at radius 2 is 1.70 bits per heavy atom. The molecule has 0 aliphatic rings. The van der Waals surface area contributed by atoms with Crippen LogP contribution in [0.4, 0.5) is 5.69 Å². The van der Waals surface area contributed by atoms with Crippen molar-refractivity contribution in [3.8, 4) is 0 Å². The number of hydrogen-bond acceptors (Lipinski definition) is 5. The van der Waals surface area contributed by atoms with Crippen molar-refractivity contribution in [2.24, 2.45) is 5.73 Å². The van der Waals surface area contributed by atoms with Gasteiger partial charge in [-0.2, -0.15) is 0 Å². The van der Waals surface area contributed by atoms with Crippen molar-refractivity contribution in [1.29, 1.82) is 5.41 Å². The van der Waals surface area contributed by atoms with E-state index in [9.17, 15) is 16.8 Å². The first kappa shape index (κ1) is 16.4. The van der Waals surface area contributed by atoms with Crippen LogP contribution in [0.3, 0.4) is 0 Å². The molecule has 0 aliphatic heterocycles. The molecule has 1 aromatic rings. The van der Waals surface area contributed by atoms with Gasteiger partial charge in [0.2, 0.25) is 10.0 Å². The Morgan fingerprint density at radius 3 is 2.15 bits per heavy atom. The Labute approximate surface area is 118 Å². The van der Waals surface area contributed by atoms with Crippen LogP contribution in [-0.2, 0) is 26.3 Å². The smallest absolute Gasteiger partial charge is 0.233 e. The number of anilines is 1. The summed E-state index contributed by atoms with van der Waals surface area (Å²) in [6.07, 6.45) is 1.28. The molecule has 7 nitrogen and oxygen atoms in total. The highest BCUT2D eigenvalue weighted by atomic mass is 32.2. The number of sulfonamides is 1. The highest BCUT2D eigenvalue weighted by molar-refractivity contribution is 7.95. The van der Waals surface area contributed by atoms with Gasteiger partial charge in [-0.3, -0.25) is 10.1 Å². The van der Waals surface area contributed by atoms with Crippen molar-refractivity contribution in [1.82, 2.24) is 0 Å². The van der Waals surface area contributed by atoms with Gasteiger partial charge in [0.05, 0.1) is 17.3 Å². The zero-order valence-corrected chi connectivity index (χ0v) is 12.6. The van der Waals surface area contributed by atoms with Crippen LogP contribution in [0.2, 0.25) is 0 Å². The van der Waals surface area contributed by atoms with E-state index in [1.165, 1.54) is 12.1 Å². The number of hydrogen-bond donors (Lipinski definition) is 3. The number of nitrogens with one attached hydrogen (secondary N) is 2. The fourth-order valence-electron chi connectivity index (χ4n) is 1.40. The summed E-state index contributed by atoms with van der Waals surface area (Å²) in [6.45, 7) is 0. The van der Waals surface area contributed by atoms with Gasteiger partial charge in [0.25, 0.3) is 0 Å². The van der Waals surface area contributed by atoms with Crippen molar-refractivity contribution in [2.75, 3.05) is 22.5 Å². The summed E-state index contributed by atoms with van der Waals surface area (Å²) < 4.78 is 47.6. The van der Waals surface area contributed by atoms with Crippen LogP contribution >= 0.6 is 0 Å². The van der Waals surface area contributed by atoms with Gasteiger partial charge in [0, 0.05) is 18.4 Å². The molecule has 112 valence electrons. The quantitative estimate of drug-likeness (QED) is 0.479. The first-order valence-electron chi connectivity index (χ1n) is 5.67. The van der Waals surface area contributed by atoms with Crippen molar-refractivity contribution >= 4 is 31.4 Å². The predicted molar refractivity (Wildman–Crippen MR) is 79.2 cm³/mol. The molecular formula is C11H17N3O4S2. The third-order valence-electron chi connectivity index (χ3n) is 2.34. The number of rotatable bonds is 7. The van der Waals surface area contributed by atoms with Crippen LogP contribution in [-0.4, -0.2) is 40.4 Å². The summed E-state index contributed by atoms with van der Waals surface area (Å²) in [7, 11) is -7.03. The second kappa shape index (κ2) is 6.23. The first-order valence-corrected chi connectivity index (χ1v) is 9.39. The second-order valence-electron chi connectivity index (χ2n) is 4.45. The Morgan fingerprint density at radius 1 is 1.15 bits per heavy atom. The van der Waals surface area contributed by atoms with Crippen LogP contribution < -0.4 is 10.5 Å². The second-order valence-corrected chi connectivity index (χ2v) is 8.55. The Bertz CT molecular complexity index is 679. The molecule has 0 atom stereocenters. The molecule has 0 heterocycles. The lowest BCUT2D eigenvalue weighted by molar-refractivity contribution is 0.593. The molecule has 0 aromatic heterocycles. The molecule has 0 fully saturated rings. The summed E-state index contributed by atoms with van der Waals surface area (Å²) in [5, 5.41) is 7.15. The maximum atomic E-state index is 11.7. The molecule has 4 N–H and O–H groups in total. The van der Waals surface area contributed by atoms with E-state index < -0.39 is 31.4 Å². The van der Waals surface area contributed by atoms with Crippen molar-refractivity contribution in [3.63, 3.8) is 0 Å². The van der Waals surface area contributed by atoms with Gasteiger partial charge in [0.15, 0.2) is 0 Å². The Balaban J connectivity index is 2.70. The topological polar surface area (TPSA) is 130 Å². The van der Waals surface area contributed by atoms with Crippen molar-refractivity contribution in [2.45, 2.75) is 6.42 Å². The molecule has 0 saturated carbocycles. The fourth-order valence-corrected chi connectivity index (χ4v) is 4.09. The van der Waals surface area contributed by atoms with E-state index in [1.54, 1.807) is 12.1 Å². The van der Waals surface area contributed by atoms with Gasteiger partial charge >= 0.3 is 0 Å². The van der Waals surface area contributed by atoms with E-state index in [0.717, 1.165) is 11.8 Å². The largest absolute Gasteiger partial charge is 0.387 e. The SMILES string of the molecule is CS(=O)(=O)CCS(=O)(=O)Nc1ccc(CC(=N)N)cc1. The highest BCUT2D eigenvalue weighted by Crippen LogP contribution is 2.12. The molecule has 9 heteroatoms. The van der Waals surface area contributed by atoms with Crippen LogP contribution in [0.25, 0.3) is 0 Å². The first-order chi connectivity index (χ1) is 9.07. The van der Waals surface area contributed by atoms with E-state index in [-0.39, 0.29) is 5.84 Å². The van der Waals surface area contributed by atoms with E-state index in [1.807, 2.05) is 0 Å². The summed E-state index contributed by atoms with van der Waals surface area (Å²) in [5.74, 6) is -0.891. The lowest BCUT2D eigenvalue weighted by atomic mass is 10.1. The maximum absolute atomic E-state index is 11.7. The van der Waals surface area contributed by atoms with Gasteiger partial charge in [-0.1, -0.05) is 12.1 Å². The van der Waals surface area contributed by atoms with E-state index in [2.05, 4.69) is 4.72 Å². The molecule has 0 aliphatic carbocycles. The Hall–Kier alpha value is -1.61. The minimum absolute atomic E-state index is 0.0199. The number of amidine groups is 1. The maximum Gasteiger partial charge on any atom is 0.233 e. The standard InChI is InChI=1S/C11H17N3O4S2/c1-19(15,16)6-7-20(17,18)14-10-4-2-9(3-5-10)8-11(12)13/h2-5,14H,6-8H2,1H3,(H3,12,13). The van der Waals surface area contributed by atoms with Gasteiger partial charge in [0.1, 0.15) is 9.84 Å². The summed E-state index contributed by atoms with van der Waals surface area (Å²) in [5.41, 5.74) is 6.39. The minimum atomic E-state index is -3.70. The fraction of sp³-hybridized carbons (Fsp3) is 0.364. The van der Waals surface area contributed by atoms with E-state index in [0.29, 0.717) is 12.1 Å². The molecule has 0 radical (unpaired) electrons. The molecule has 0 unspecified atom stereocenters. The molecule has 1 aromatic carbocycles. The third kappa shape index (κ3) is 6.53. The summed E-state index contributed by atoms with van der Waals surface area (Å²) in [4.78, 5) is 0. The lowest BCUT2D eigenvalue weighted by Crippen LogP contribution is -2.22. The molecule has 1 rings (SSSR count).